The van der Waals surface area contributed by atoms with Gasteiger partial charge in [0, 0.05) is 12.0 Å². The average molecular weight is 608 g/mol. The number of piperazine rings is 1. The van der Waals surface area contributed by atoms with Gasteiger partial charge in [-0.2, -0.15) is 5.06 Å². The van der Waals surface area contributed by atoms with Crippen molar-refractivity contribution in [3.8, 4) is 17.2 Å². The second-order valence-electron chi connectivity index (χ2n) is 8.18. The lowest BCUT2D eigenvalue weighted by Gasteiger charge is -2.56. The van der Waals surface area contributed by atoms with Gasteiger partial charge in [-0.3, -0.25) is 14.4 Å². The number of ether oxygens (including phenoxy) is 2. The first kappa shape index (κ1) is 23.4. The maximum atomic E-state index is 13.6. The fourth-order valence-electron chi connectivity index (χ4n) is 4.66. The molecule has 178 valence electrons. The summed E-state index contributed by atoms with van der Waals surface area (Å²) in [6, 6.07) is 2.18. The molecule has 1 aliphatic carbocycles. The molecule has 5 aliphatic rings. The molecular weight excluding hydrogens is 587 g/mol. The number of hydroxylamine groups is 2. The van der Waals surface area contributed by atoms with E-state index in [-0.39, 0.29) is 17.9 Å². The van der Waals surface area contributed by atoms with Gasteiger partial charge in [0.1, 0.15) is 23.9 Å². The number of benzene rings is 1. The van der Waals surface area contributed by atoms with Gasteiger partial charge < -0.3 is 30.1 Å². The Balaban J connectivity index is 1.58. The second-order valence-corrected chi connectivity index (χ2v) is 12.1. The number of alkyl halides is 1. The van der Waals surface area contributed by atoms with Crippen molar-refractivity contribution in [3.63, 3.8) is 0 Å². The lowest BCUT2D eigenvalue weighted by molar-refractivity contribution is -0.312. The number of hydrogen-bond donors (Lipinski definition) is 4. The van der Waals surface area contributed by atoms with Gasteiger partial charge in [0.2, 0.25) is 10.6 Å². The Morgan fingerprint density at radius 3 is 2.73 bits per heavy atom. The molecule has 2 amide bonds. The number of methoxy groups -OCH3 is 2. The van der Waals surface area contributed by atoms with E-state index in [0.29, 0.717) is 11.3 Å². The van der Waals surface area contributed by atoms with Crippen molar-refractivity contribution < 1.29 is 39.2 Å². The highest BCUT2D eigenvalue weighted by molar-refractivity contribution is 14.1. The first-order valence-electron chi connectivity index (χ1n) is 10.0. The maximum Gasteiger partial charge on any atom is 0.272 e. The first-order valence-corrected chi connectivity index (χ1v) is 13.5. The minimum absolute atomic E-state index is 0.118. The summed E-state index contributed by atoms with van der Waals surface area (Å²) in [5, 5.41) is 35.9. The van der Waals surface area contributed by atoms with Crippen LogP contribution in [-0.4, -0.2) is 79.1 Å². The molecule has 4 aliphatic heterocycles. The standard InChI is InChI=1S/C20H21IN2O8S2/c1-29-10-5-3-8(13(25)14(10)30-2)15-12-17(26)23-20(33-32-15,18(27)22-12)7-19(28)11(21)6-4-9(24)16(19)31-23/h3-6,9,11-12,15-16,24-25,28H,7H2,1-2H3,(H,22,27). The van der Waals surface area contributed by atoms with Crippen LogP contribution in [0, 0.1) is 0 Å². The van der Waals surface area contributed by atoms with Crippen molar-refractivity contribution in [2.45, 2.75) is 44.3 Å². The summed E-state index contributed by atoms with van der Waals surface area (Å²) in [4.78, 5) is 31.3. The molecule has 2 bridgehead atoms. The largest absolute Gasteiger partial charge is 0.504 e. The number of aliphatic hydroxyl groups excluding tert-OH is 1. The van der Waals surface area contributed by atoms with Crippen LogP contribution in [0.15, 0.2) is 24.3 Å². The molecule has 4 saturated heterocycles. The number of aromatic hydroxyl groups is 1. The van der Waals surface area contributed by atoms with Crippen LogP contribution in [0.5, 0.6) is 17.2 Å². The molecule has 7 atom stereocenters. The first-order chi connectivity index (χ1) is 15.7. The van der Waals surface area contributed by atoms with Gasteiger partial charge in [-0.1, -0.05) is 62.4 Å². The normalized spacial score (nSPS) is 39.4. The number of fused-ring (bicyclic) bond motifs is 4. The van der Waals surface area contributed by atoms with Crippen molar-refractivity contribution in [3.05, 3.63) is 29.8 Å². The van der Waals surface area contributed by atoms with Crippen LogP contribution in [0.25, 0.3) is 0 Å². The third kappa shape index (κ3) is 3.19. The topological polar surface area (TPSA) is 138 Å². The summed E-state index contributed by atoms with van der Waals surface area (Å²) < 4.78 is 10.1. The Labute approximate surface area is 210 Å². The van der Waals surface area contributed by atoms with Gasteiger partial charge in [-0.05, 0) is 6.07 Å². The van der Waals surface area contributed by atoms with E-state index in [1.807, 2.05) is 22.6 Å². The SMILES string of the molecule is COc1ccc(C2SSC34CC5(O)C(I)C=CC(O)C5ON3C(=O)C2NC4=O)c(O)c1OC. The minimum Gasteiger partial charge on any atom is -0.504 e. The molecule has 1 spiro atoms. The summed E-state index contributed by atoms with van der Waals surface area (Å²) in [6.07, 6.45) is 0.805. The van der Waals surface area contributed by atoms with Crippen LogP contribution >= 0.6 is 44.2 Å². The van der Waals surface area contributed by atoms with Crippen molar-refractivity contribution >= 4 is 56.0 Å². The monoisotopic (exact) mass is 608 g/mol. The van der Waals surface area contributed by atoms with E-state index in [0.717, 1.165) is 15.9 Å². The van der Waals surface area contributed by atoms with Crippen LogP contribution in [0.3, 0.4) is 0 Å². The quantitative estimate of drug-likeness (QED) is 0.171. The van der Waals surface area contributed by atoms with E-state index in [1.165, 1.54) is 31.1 Å². The third-order valence-corrected chi connectivity index (χ3v) is 11.2. The number of carbonyl (C=O) groups is 2. The Hall–Kier alpha value is -1.39. The molecule has 7 unspecified atom stereocenters. The van der Waals surface area contributed by atoms with Crippen LogP contribution in [-0.2, 0) is 14.4 Å². The van der Waals surface area contributed by atoms with Gasteiger partial charge in [0.25, 0.3) is 11.8 Å². The van der Waals surface area contributed by atoms with Crippen molar-refractivity contribution in [2.24, 2.45) is 0 Å². The fourth-order valence-corrected chi connectivity index (χ4v) is 8.99. The third-order valence-electron chi connectivity index (χ3n) is 6.38. The molecule has 0 radical (unpaired) electrons. The number of halogens is 1. The van der Waals surface area contributed by atoms with Crippen LogP contribution in [0.4, 0.5) is 0 Å². The van der Waals surface area contributed by atoms with E-state index in [2.05, 4.69) is 5.32 Å². The minimum atomic E-state index is -1.57. The molecule has 1 aromatic rings. The molecule has 4 fully saturated rings. The lowest BCUT2D eigenvalue weighted by atomic mass is 9.77. The summed E-state index contributed by atoms with van der Waals surface area (Å²) in [5.41, 5.74) is -1.19. The van der Waals surface area contributed by atoms with Crippen LogP contribution < -0.4 is 14.8 Å². The smallest absolute Gasteiger partial charge is 0.272 e. The second kappa shape index (κ2) is 8.09. The predicted octanol–water partition coefficient (Wildman–Crippen LogP) is 1.04. The fraction of sp³-hybridized carbons (Fsp3) is 0.500. The Bertz CT molecular complexity index is 1060. The highest BCUT2D eigenvalue weighted by Gasteiger charge is 2.69. The van der Waals surface area contributed by atoms with Crippen molar-refractivity contribution in [1.82, 2.24) is 10.4 Å². The van der Waals surface area contributed by atoms with E-state index < -0.39 is 49.7 Å². The summed E-state index contributed by atoms with van der Waals surface area (Å²) in [5.74, 6) is -0.762. The number of amides is 2. The van der Waals surface area contributed by atoms with Gasteiger partial charge in [0.05, 0.1) is 23.4 Å². The van der Waals surface area contributed by atoms with Gasteiger partial charge in [-0.15, -0.1) is 0 Å². The molecule has 13 heteroatoms. The molecule has 4 heterocycles. The number of phenolic OH excluding ortho intramolecular Hbond substituents is 1. The number of hydrogen-bond acceptors (Lipinski definition) is 10. The van der Waals surface area contributed by atoms with Crippen molar-refractivity contribution in [1.29, 1.82) is 0 Å². The molecule has 1 aromatic carbocycles. The molecule has 0 saturated carbocycles. The van der Waals surface area contributed by atoms with Gasteiger partial charge >= 0.3 is 0 Å². The summed E-state index contributed by atoms with van der Waals surface area (Å²) in [7, 11) is 5.16. The highest BCUT2D eigenvalue weighted by Crippen LogP contribution is 2.61. The molecular formula is C20H21IN2O8S2. The number of phenols is 1. The van der Waals surface area contributed by atoms with Crippen molar-refractivity contribution in [2.75, 3.05) is 14.2 Å². The maximum absolute atomic E-state index is 13.6. The zero-order chi connectivity index (χ0) is 23.7. The molecule has 0 aromatic heterocycles. The van der Waals surface area contributed by atoms with E-state index in [9.17, 15) is 24.9 Å². The Morgan fingerprint density at radius 1 is 1.27 bits per heavy atom. The number of carbonyl (C=O) groups excluding carboxylic acids is 2. The number of aliphatic hydroxyl groups is 2. The lowest BCUT2D eigenvalue weighted by Crippen LogP contribution is -2.77. The predicted molar refractivity (Wildman–Crippen MR) is 128 cm³/mol. The van der Waals surface area contributed by atoms with Crippen LogP contribution in [0.1, 0.15) is 17.2 Å². The molecule has 33 heavy (non-hydrogen) atoms. The zero-order valence-corrected chi connectivity index (χ0v) is 21.2. The summed E-state index contributed by atoms with van der Waals surface area (Å²) in [6.45, 7) is 0. The summed E-state index contributed by atoms with van der Waals surface area (Å²) >= 11 is 2.03. The zero-order valence-electron chi connectivity index (χ0n) is 17.4. The van der Waals surface area contributed by atoms with E-state index in [4.69, 9.17) is 14.3 Å². The number of rotatable bonds is 3. The van der Waals surface area contributed by atoms with E-state index in [1.54, 1.807) is 18.2 Å². The molecule has 4 N–H and O–H groups in total. The van der Waals surface area contributed by atoms with Gasteiger partial charge in [0.15, 0.2) is 11.5 Å². The highest BCUT2D eigenvalue weighted by atomic mass is 127. The van der Waals surface area contributed by atoms with E-state index >= 15 is 0 Å². The Morgan fingerprint density at radius 2 is 2.03 bits per heavy atom. The van der Waals surface area contributed by atoms with Crippen LogP contribution in [0.2, 0.25) is 0 Å². The molecule has 6 rings (SSSR count). The number of nitrogens with zero attached hydrogens (tertiary/aromatic N) is 1. The number of nitrogens with one attached hydrogen (secondary N) is 1. The molecule has 10 nitrogen and oxygen atoms in total. The average Bonchev–Trinajstić information content (AvgIpc) is 2.99. The van der Waals surface area contributed by atoms with Gasteiger partial charge in [-0.25, -0.2) is 0 Å². The Kier molecular flexibility index (Phi) is 5.72.